The van der Waals surface area contributed by atoms with Crippen molar-refractivity contribution < 1.29 is 14.5 Å². The van der Waals surface area contributed by atoms with Gasteiger partial charge in [0.15, 0.2) is 0 Å². The van der Waals surface area contributed by atoms with Crippen LogP contribution in [0.3, 0.4) is 0 Å². The molecule has 21 heavy (non-hydrogen) atoms. The number of hydrogen-bond donors (Lipinski definition) is 1. The van der Waals surface area contributed by atoms with Gasteiger partial charge in [0.25, 0.3) is 5.69 Å². The summed E-state index contributed by atoms with van der Waals surface area (Å²) in [4.78, 5) is 22.1. The number of ether oxygens (including phenoxy) is 1. The minimum absolute atomic E-state index is 0.0425. The fourth-order valence-electron chi connectivity index (χ4n) is 1.98. The summed E-state index contributed by atoms with van der Waals surface area (Å²) in [5.41, 5.74) is 0.597. The van der Waals surface area contributed by atoms with Gasteiger partial charge in [0.1, 0.15) is 5.69 Å². The minimum Gasteiger partial charge on any atom is -0.465 e. The molecule has 1 atom stereocenters. The first kappa shape index (κ1) is 16.9. The first-order valence-corrected chi connectivity index (χ1v) is 6.98. The third-order valence-corrected chi connectivity index (χ3v) is 3.19. The molecule has 1 aromatic carbocycles. The molecule has 1 unspecified atom stereocenters. The van der Waals surface area contributed by atoms with Crippen molar-refractivity contribution in [3.63, 3.8) is 0 Å². The Hall–Kier alpha value is -2.11. The van der Waals surface area contributed by atoms with Gasteiger partial charge in [-0.05, 0) is 37.8 Å². The highest BCUT2D eigenvalue weighted by molar-refractivity contribution is 5.91. The van der Waals surface area contributed by atoms with Crippen molar-refractivity contribution >= 4 is 17.3 Å². The van der Waals surface area contributed by atoms with Crippen LogP contribution in [0.5, 0.6) is 0 Å². The third-order valence-electron chi connectivity index (χ3n) is 3.19. The Morgan fingerprint density at radius 2 is 2.00 bits per heavy atom. The number of nitrogens with zero attached hydrogens (tertiary/aromatic N) is 1. The van der Waals surface area contributed by atoms with Gasteiger partial charge >= 0.3 is 5.97 Å². The number of rotatable bonds is 7. The molecule has 116 valence electrons. The van der Waals surface area contributed by atoms with E-state index in [0.717, 1.165) is 12.8 Å². The van der Waals surface area contributed by atoms with E-state index in [-0.39, 0.29) is 11.7 Å². The van der Waals surface area contributed by atoms with Crippen LogP contribution < -0.4 is 5.32 Å². The van der Waals surface area contributed by atoms with Crippen LogP contribution in [0.4, 0.5) is 11.4 Å². The number of carbonyl (C=O) groups excluding carboxylic acids is 1. The van der Waals surface area contributed by atoms with Gasteiger partial charge in [0.2, 0.25) is 0 Å². The Bertz CT molecular complexity index is 514. The maximum Gasteiger partial charge on any atom is 0.337 e. The number of nitrogens with one attached hydrogen (secondary N) is 1. The van der Waals surface area contributed by atoms with Gasteiger partial charge in [-0.15, -0.1) is 0 Å². The lowest BCUT2D eigenvalue weighted by Crippen LogP contribution is -2.17. The first-order valence-electron chi connectivity index (χ1n) is 6.98. The van der Waals surface area contributed by atoms with E-state index in [1.165, 1.54) is 25.3 Å². The van der Waals surface area contributed by atoms with E-state index in [2.05, 4.69) is 23.9 Å². The zero-order valence-corrected chi connectivity index (χ0v) is 12.9. The molecule has 0 aromatic heterocycles. The van der Waals surface area contributed by atoms with Gasteiger partial charge in [-0.2, -0.15) is 0 Å². The summed E-state index contributed by atoms with van der Waals surface area (Å²) in [6, 6.07) is 4.27. The van der Waals surface area contributed by atoms with Crippen LogP contribution in [0.2, 0.25) is 0 Å². The second-order valence-corrected chi connectivity index (χ2v) is 5.50. The Balaban J connectivity index is 2.95. The zero-order valence-electron chi connectivity index (χ0n) is 12.9. The molecule has 0 amide bonds. The Morgan fingerprint density at radius 3 is 2.52 bits per heavy atom. The molecule has 1 N–H and O–H groups in total. The van der Waals surface area contributed by atoms with Crippen molar-refractivity contribution in [2.24, 2.45) is 5.92 Å². The molecule has 0 heterocycles. The van der Waals surface area contributed by atoms with Crippen LogP contribution >= 0.6 is 0 Å². The SMILES string of the molecule is COC(=O)c1ccc([N+](=O)[O-])c(NC(C)CCC(C)C)c1. The minimum atomic E-state index is -0.511. The zero-order chi connectivity index (χ0) is 16.0. The lowest BCUT2D eigenvalue weighted by atomic mass is 10.0. The van der Waals surface area contributed by atoms with Crippen molar-refractivity contribution in [2.45, 2.75) is 39.7 Å². The molecule has 1 aromatic rings. The van der Waals surface area contributed by atoms with Crippen LogP contribution in [0.15, 0.2) is 18.2 Å². The molecule has 0 bridgehead atoms. The number of benzene rings is 1. The molecule has 6 nitrogen and oxygen atoms in total. The first-order chi connectivity index (χ1) is 9.85. The highest BCUT2D eigenvalue weighted by atomic mass is 16.6. The standard InChI is InChI=1S/C15H22N2O4/c1-10(2)5-6-11(3)16-13-9-12(15(18)21-4)7-8-14(13)17(19)20/h7-11,16H,5-6H2,1-4H3. The number of anilines is 1. The predicted molar refractivity (Wildman–Crippen MR) is 81.6 cm³/mol. The van der Waals surface area contributed by atoms with Gasteiger partial charge in [-0.25, -0.2) is 4.79 Å². The summed E-state index contributed by atoms with van der Waals surface area (Å²) in [6.45, 7) is 6.23. The maximum atomic E-state index is 11.5. The van der Waals surface area contributed by atoms with Crippen molar-refractivity contribution in [3.8, 4) is 0 Å². The van der Waals surface area contributed by atoms with Crippen LogP contribution in [0, 0.1) is 16.0 Å². The highest BCUT2D eigenvalue weighted by Gasteiger charge is 2.18. The monoisotopic (exact) mass is 294 g/mol. The number of nitro groups is 1. The van der Waals surface area contributed by atoms with E-state index < -0.39 is 10.9 Å². The van der Waals surface area contributed by atoms with Crippen LogP contribution in [-0.4, -0.2) is 24.0 Å². The van der Waals surface area contributed by atoms with Gasteiger partial charge in [-0.1, -0.05) is 13.8 Å². The van der Waals surface area contributed by atoms with E-state index in [1.807, 2.05) is 6.92 Å². The summed E-state index contributed by atoms with van der Waals surface area (Å²) in [5.74, 6) is 0.0634. The normalized spacial score (nSPS) is 12.0. The second-order valence-electron chi connectivity index (χ2n) is 5.50. The Labute approximate surface area is 124 Å². The summed E-state index contributed by atoms with van der Waals surface area (Å²) >= 11 is 0. The van der Waals surface area contributed by atoms with E-state index in [0.29, 0.717) is 17.2 Å². The smallest absolute Gasteiger partial charge is 0.337 e. The number of nitro benzene ring substituents is 1. The van der Waals surface area contributed by atoms with E-state index in [1.54, 1.807) is 0 Å². The number of methoxy groups -OCH3 is 1. The predicted octanol–water partition coefficient (Wildman–Crippen LogP) is 3.62. The Kier molecular flexibility index (Phi) is 6.14. The lowest BCUT2D eigenvalue weighted by Gasteiger charge is -2.16. The van der Waals surface area contributed by atoms with Gasteiger partial charge in [0.05, 0.1) is 17.6 Å². The third kappa shape index (κ3) is 5.06. The van der Waals surface area contributed by atoms with Crippen molar-refractivity contribution in [2.75, 3.05) is 12.4 Å². The van der Waals surface area contributed by atoms with Gasteiger partial charge in [0, 0.05) is 12.1 Å². The summed E-state index contributed by atoms with van der Waals surface area (Å²) < 4.78 is 4.64. The molecule has 6 heteroatoms. The fraction of sp³-hybridized carbons (Fsp3) is 0.533. The van der Waals surface area contributed by atoms with Crippen molar-refractivity contribution in [1.82, 2.24) is 0 Å². The molecule has 0 fully saturated rings. The average molecular weight is 294 g/mol. The molecule has 0 aliphatic rings. The topological polar surface area (TPSA) is 81.5 Å². The van der Waals surface area contributed by atoms with Crippen LogP contribution in [0.1, 0.15) is 44.0 Å². The molecule has 0 saturated carbocycles. The summed E-state index contributed by atoms with van der Waals surface area (Å²) in [6.07, 6.45) is 1.93. The second kappa shape index (κ2) is 7.61. The molecule has 0 aliphatic carbocycles. The quantitative estimate of drug-likeness (QED) is 0.472. The molecular formula is C15H22N2O4. The van der Waals surface area contributed by atoms with Gasteiger partial charge < -0.3 is 10.1 Å². The lowest BCUT2D eigenvalue weighted by molar-refractivity contribution is -0.384. The van der Waals surface area contributed by atoms with E-state index in [4.69, 9.17) is 0 Å². The molecule has 0 spiro atoms. The Morgan fingerprint density at radius 1 is 1.33 bits per heavy atom. The summed E-state index contributed by atoms with van der Waals surface area (Å²) in [5, 5.41) is 14.2. The molecule has 1 rings (SSSR count). The summed E-state index contributed by atoms with van der Waals surface area (Å²) in [7, 11) is 1.28. The van der Waals surface area contributed by atoms with E-state index >= 15 is 0 Å². The maximum absolute atomic E-state index is 11.5. The highest BCUT2D eigenvalue weighted by Crippen LogP contribution is 2.27. The van der Waals surface area contributed by atoms with Gasteiger partial charge in [-0.3, -0.25) is 10.1 Å². The molecule has 0 aliphatic heterocycles. The number of hydrogen-bond acceptors (Lipinski definition) is 5. The molecular weight excluding hydrogens is 272 g/mol. The van der Waals surface area contributed by atoms with E-state index in [9.17, 15) is 14.9 Å². The van der Waals surface area contributed by atoms with Crippen LogP contribution in [0.25, 0.3) is 0 Å². The molecule has 0 saturated heterocycles. The largest absolute Gasteiger partial charge is 0.465 e. The number of carbonyl (C=O) groups is 1. The van der Waals surface area contributed by atoms with Crippen LogP contribution in [-0.2, 0) is 4.74 Å². The number of esters is 1. The van der Waals surface area contributed by atoms with Crippen molar-refractivity contribution in [1.29, 1.82) is 0 Å². The molecule has 0 radical (unpaired) electrons. The fourth-order valence-corrected chi connectivity index (χ4v) is 1.98. The van der Waals surface area contributed by atoms with Crippen molar-refractivity contribution in [3.05, 3.63) is 33.9 Å². The average Bonchev–Trinajstić information content (AvgIpc) is 2.43.